The summed E-state index contributed by atoms with van der Waals surface area (Å²) in [6.45, 7) is 5.68. The number of aryl methyl sites for hydroxylation is 1. The van der Waals surface area contributed by atoms with Gasteiger partial charge in [-0.25, -0.2) is 18.2 Å². The highest BCUT2D eigenvalue weighted by Crippen LogP contribution is 2.24. The van der Waals surface area contributed by atoms with Crippen molar-refractivity contribution >= 4 is 44.1 Å². The minimum Gasteiger partial charge on any atom is -0.456 e. The molecule has 33 heavy (non-hydrogen) atoms. The Bertz CT molecular complexity index is 1240. The third kappa shape index (κ3) is 5.58. The number of carbonyl (C=O) groups is 2. The van der Waals surface area contributed by atoms with Gasteiger partial charge in [0.2, 0.25) is 5.91 Å². The van der Waals surface area contributed by atoms with Crippen LogP contribution in [0.3, 0.4) is 0 Å². The predicted molar refractivity (Wildman–Crippen MR) is 128 cm³/mol. The van der Waals surface area contributed by atoms with Crippen LogP contribution in [-0.2, 0) is 26.2 Å². The van der Waals surface area contributed by atoms with Gasteiger partial charge in [-0.3, -0.25) is 14.0 Å². The summed E-state index contributed by atoms with van der Waals surface area (Å²) in [4.78, 5) is 30.1. The van der Waals surface area contributed by atoms with Crippen molar-refractivity contribution in [3.8, 4) is 0 Å². The maximum Gasteiger partial charge on any atom is 0.338 e. The Morgan fingerprint density at radius 1 is 1.06 bits per heavy atom. The smallest absolute Gasteiger partial charge is 0.338 e. The van der Waals surface area contributed by atoms with E-state index in [1.165, 1.54) is 42.3 Å². The predicted octanol–water partition coefficient (Wildman–Crippen LogP) is 4.01. The Balaban J connectivity index is 1.65. The maximum absolute atomic E-state index is 12.8. The SMILES string of the molecule is CCN(C(C)=O)c1nc(COC(=O)c2ccc(N(C)S(=O)(=O)c3ccc(C)cc3)cc2)cs1. The molecule has 0 atom stereocenters. The largest absolute Gasteiger partial charge is 0.456 e. The van der Waals surface area contributed by atoms with Crippen LogP contribution in [0.5, 0.6) is 0 Å². The number of anilines is 2. The van der Waals surface area contributed by atoms with Crippen molar-refractivity contribution in [3.05, 3.63) is 70.7 Å². The van der Waals surface area contributed by atoms with Crippen LogP contribution in [0.1, 0.15) is 35.5 Å². The summed E-state index contributed by atoms with van der Waals surface area (Å²) in [5, 5.41) is 2.29. The van der Waals surface area contributed by atoms with Crippen molar-refractivity contribution in [1.82, 2.24) is 4.98 Å². The van der Waals surface area contributed by atoms with Crippen molar-refractivity contribution < 1.29 is 22.7 Å². The molecule has 0 fully saturated rings. The molecule has 1 heterocycles. The number of rotatable bonds is 8. The van der Waals surface area contributed by atoms with E-state index in [0.717, 1.165) is 9.87 Å². The Labute approximate surface area is 197 Å². The minimum absolute atomic E-state index is 0.0335. The van der Waals surface area contributed by atoms with Gasteiger partial charge in [0.25, 0.3) is 10.0 Å². The molecule has 8 nitrogen and oxygen atoms in total. The summed E-state index contributed by atoms with van der Waals surface area (Å²) in [5.41, 5.74) is 2.22. The highest BCUT2D eigenvalue weighted by Gasteiger charge is 2.21. The lowest BCUT2D eigenvalue weighted by molar-refractivity contribution is -0.116. The molecule has 0 bridgehead atoms. The summed E-state index contributed by atoms with van der Waals surface area (Å²) >= 11 is 1.30. The second-order valence-electron chi connectivity index (χ2n) is 7.29. The van der Waals surface area contributed by atoms with Crippen LogP contribution in [0.2, 0.25) is 0 Å². The van der Waals surface area contributed by atoms with Crippen LogP contribution >= 0.6 is 11.3 Å². The van der Waals surface area contributed by atoms with Gasteiger partial charge in [-0.1, -0.05) is 17.7 Å². The molecular weight excluding hydrogens is 462 g/mol. The lowest BCUT2D eigenvalue weighted by Crippen LogP contribution is -2.27. The summed E-state index contributed by atoms with van der Waals surface area (Å²) in [5.74, 6) is -0.663. The molecule has 3 aromatic rings. The van der Waals surface area contributed by atoms with Gasteiger partial charge in [-0.05, 0) is 50.2 Å². The van der Waals surface area contributed by atoms with Crippen LogP contribution in [-0.4, -0.2) is 38.9 Å². The van der Waals surface area contributed by atoms with Gasteiger partial charge in [0.05, 0.1) is 21.8 Å². The number of sulfonamides is 1. The number of thiazole rings is 1. The molecule has 0 aliphatic rings. The van der Waals surface area contributed by atoms with Crippen LogP contribution in [0.4, 0.5) is 10.8 Å². The average Bonchev–Trinajstić information content (AvgIpc) is 3.26. The van der Waals surface area contributed by atoms with Crippen LogP contribution in [0, 0.1) is 6.92 Å². The standard InChI is InChI=1S/C23H25N3O5S2/c1-5-26(17(3)27)23-24-19(15-32-23)14-31-22(28)18-8-10-20(11-9-18)25(4)33(29,30)21-12-6-16(2)7-13-21/h6-13,15H,5,14H2,1-4H3. The number of benzene rings is 2. The first-order valence-corrected chi connectivity index (χ1v) is 12.5. The van der Waals surface area contributed by atoms with E-state index in [2.05, 4.69) is 4.98 Å². The van der Waals surface area contributed by atoms with Crippen LogP contribution in [0.15, 0.2) is 58.8 Å². The molecule has 0 aliphatic carbocycles. The van der Waals surface area contributed by atoms with Crippen LogP contribution in [0.25, 0.3) is 0 Å². The molecule has 0 aliphatic heterocycles. The maximum atomic E-state index is 12.8. The second-order valence-corrected chi connectivity index (χ2v) is 10.1. The molecule has 0 unspecified atom stereocenters. The van der Waals surface area contributed by atoms with Crippen molar-refractivity contribution in [2.24, 2.45) is 0 Å². The summed E-state index contributed by atoms with van der Waals surface area (Å²) < 4.78 is 32.2. The zero-order valence-electron chi connectivity index (χ0n) is 18.8. The molecule has 1 amide bonds. The Hall–Kier alpha value is -3.24. The minimum atomic E-state index is -3.72. The van der Waals surface area contributed by atoms with Gasteiger partial charge < -0.3 is 4.74 Å². The monoisotopic (exact) mass is 487 g/mol. The molecular formula is C23H25N3O5S2. The number of nitrogens with zero attached hydrogens (tertiary/aromatic N) is 3. The quantitative estimate of drug-likeness (QED) is 0.446. The highest BCUT2D eigenvalue weighted by molar-refractivity contribution is 7.92. The van der Waals surface area contributed by atoms with Crippen LogP contribution < -0.4 is 9.21 Å². The van der Waals surface area contributed by atoms with Crippen molar-refractivity contribution in [1.29, 1.82) is 0 Å². The van der Waals surface area contributed by atoms with E-state index in [1.54, 1.807) is 41.8 Å². The van der Waals surface area contributed by atoms with E-state index < -0.39 is 16.0 Å². The Morgan fingerprint density at radius 3 is 2.27 bits per heavy atom. The first-order chi connectivity index (χ1) is 15.6. The van der Waals surface area contributed by atoms with E-state index in [-0.39, 0.29) is 23.0 Å². The van der Waals surface area contributed by atoms with Gasteiger partial charge in [-0.2, -0.15) is 0 Å². The molecule has 2 aromatic carbocycles. The molecule has 10 heteroatoms. The molecule has 3 rings (SSSR count). The van der Waals surface area contributed by atoms with Gasteiger partial charge in [0.15, 0.2) is 5.13 Å². The number of hydrogen-bond acceptors (Lipinski definition) is 7. The molecule has 0 N–H and O–H groups in total. The first-order valence-electron chi connectivity index (χ1n) is 10.2. The average molecular weight is 488 g/mol. The van der Waals surface area contributed by atoms with E-state index in [0.29, 0.717) is 23.1 Å². The summed E-state index contributed by atoms with van der Waals surface area (Å²) in [7, 11) is -2.26. The number of amides is 1. The molecule has 1 aromatic heterocycles. The number of hydrogen-bond donors (Lipinski definition) is 0. The number of ether oxygens (including phenoxy) is 1. The zero-order chi connectivity index (χ0) is 24.2. The number of carbonyl (C=O) groups excluding carboxylic acids is 2. The third-order valence-electron chi connectivity index (χ3n) is 4.96. The third-order valence-corrected chi connectivity index (χ3v) is 7.68. The van der Waals surface area contributed by atoms with E-state index in [9.17, 15) is 18.0 Å². The first kappa shape index (κ1) is 24.4. The highest BCUT2D eigenvalue weighted by atomic mass is 32.2. The van der Waals surface area contributed by atoms with Crippen molar-refractivity contribution in [2.75, 3.05) is 22.8 Å². The fourth-order valence-corrected chi connectivity index (χ4v) is 5.13. The zero-order valence-corrected chi connectivity index (χ0v) is 20.4. The Morgan fingerprint density at radius 2 is 1.70 bits per heavy atom. The van der Waals surface area contributed by atoms with E-state index >= 15 is 0 Å². The summed E-state index contributed by atoms with van der Waals surface area (Å²) in [6, 6.07) is 12.7. The number of esters is 1. The lowest BCUT2D eigenvalue weighted by atomic mass is 10.2. The molecule has 174 valence electrons. The molecule has 0 radical (unpaired) electrons. The fraction of sp³-hybridized carbons (Fsp3) is 0.261. The second kappa shape index (κ2) is 10.1. The van der Waals surface area contributed by atoms with E-state index in [4.69, 9.17) is 4.74 Å². The topological polar surface area (TPSA) is 96.9 Å². The van der Waals surface area contributed by atoms with E-state index in [1.807, 2.05) is 13.8 Å². The molecule has 0 spiro atoms. The van der Waals surface area contributed by atoms with Gasteiger partial charge in [-0.15, -0.1) is 11.3 Å². The summed E-state index contributed by atoms with van der Waals surface area (Å²) in [6.07, 6.45) is 0. The van der Waals surface area contributed by atoms with Gasteiger partial charge in [0, 0.05) is 25.9 Å². The molecule has 0 saturated heterocycles. The van der Waals surface area contributed by atoms with Crippen molar-refractivity contribution in [3.63, 3.8) is 0 Å². The Kier molecular flexibility index (Phi) is 7.50. The fourth-order valence-electron chi connectivity index (χ4n) is 3.02. The van der Waals surface area contributed by atoms with Gasteiger partial charge >= 0.3 is 5.97 Å². The molecule has 0 saturated carbocycles. The van der Waals surface area contributed by atoms with Gasteiger partial charge in [0.1, 0.15) is 6.61 Å². The normalized spacial score (nSPS) is 11.2. The number of aromatic nitrogens is 1. The van der Waals surface area contributed by atoms with Crippen molar-refractivity contribution in [2.45, 2.75) is 32.3 Å². The lowest BCUT2D eigenvalue weighted by Gasteiger charge is -2.19.